The van der Waals surface area contributed by atoms with Crippen LogP contribution in [0.5, 0.6) is 0 Å². The van der Waals surface area contributed by atoms with E-state index in [-0.39, 0.29) is 6.42 Å². The Morgan fingerprint density at radius 3 is 2.03 bits per heavy atom. The molecule has 4 unspecified atom stereocenters. The Labute approximate surface area is 178 Å². The maximum atomic E-state index is 12.7. The molecule has 1 aromatic carbocycles. The van der Waals surface area contributed by atoms with Gasteiger partial charge in [-0.2, -0.15) is 0 Å². The lowest BCUT2D eigenvalue weighted by atomic mass is 10.0. The van der Waals surface area contributed by atoms with Crippen LogP contribution in [0.15, 0.2) is 30.3 Å². The monoisotopic (exact) mass is 437 g/mol. The molecule has 4 atom stereocenters. The predicted molar refractivity (Wildman–Crippen MR) is 108 cm³/mol. The van der Waals surface area contributed by atoms with Gasteiger partial charge in [0, 0.05) is 6.42 Å². The summed E-state index contributed by atoms with van der Waals surface area (Å²) in [5.41, 5.74) is 11.4. The second kappa shape index (κ2) is 12.2. The molecule has 0 saturated carbocycles. The number of aliphatic hydroxyl groups excluding tert-OH is 1. The van der Waals surface area contributed by atoms with Crippen LogP contribution in [0.4, 0.5) is 0 Å². The number of hydrogen-bond acceptors (Lipinski definition) is 7. The van der Waals surface area contributed by atoms with Crippen LogP contribution >= 0.6 is 0 Å². The molecule has 9 N–H and O–H groups in total. The summed E-state index contributed by atoms with van der Waals surface area (Å²) in [6.07, 6.45) is -0.355. The standard InChI is InChI=1S/C19H27N5O7/c1-10(16(27)24-14(9-25)19(30)31)22-18(29)13(7-11-5-3-2-4-6-11)23-17(28)12(20)8-15(21)26/h2-6,10,12-14,25H,7-9,20H2,1H3,(H2,21,26)(H,22,29)(H,23,28)(H,24,27)(H,30,31). The molecule has 0 aliphatic rings. The zero-order chi connectivity index (χ0) is 23.6. The van der Waals surface area contributed by atoms with Crippen molar-refractivity contribution in [3.05, 3.63) is 35.9 Å². The number of hydrogen-bond donors (Lipinski definition) is 7. The van der Waals surface area contributed by atoms with Crippen molar-refractivity contribution in [1.82, 2.24) is 16.0 Å². The summed E-state index contributed by atoms with van der Waals surface area (Å²) in [4.78, 5) is 59.0. The smallest absolute Gasteiger partial charge is 0.328 e. The van der Waals surface area contributed by atoms with Crippen molar-refractivity contribution in [2.45, 2.75) is 43.9 Å². The van der Waals surface area contributed by atoms with Crippen molar-refractivity contribution in [3.63, 3.8) is 0 Å². The van der Waals surface area contributed by atoms with Crippen LogP contribution in [0.2, 0.25) is 0 Å². The molecule has 12 heteroatoms. The number of nitrogens with one attached hydrogen (secondary N) is 3. The van der Waals surface area contributed by atoms with Crippen molar-refractivity contribution in [3.8, 4) is 0 Å². The molecular formula is C19H27N5O7. The van der Waals surface area contributed by atoms with Gasteiger partial charge in [0.05, 0.1) is 19.1 Å². The Bertz CT molecular complexity index is 802. The molecule has 12 nitrogen and oxygen atoms in total. The Morgan fingerprint density at radius 1 is 0.935 bits per heavy atom. The molecule has 1 aromatic rings. The van der Waals surface area contributed by atoms with E-state index in [1.54, 1.807) is 30.3 Å². The SMILES string of the molecule is CC(NC(=O)C(Cc1ccccc1)NC(=O)C(N)CC(N)=O)C(=O)NC(CO)C(=O)O. The second-order valence-electron chi connectivity index (χ2n) is 6.84. The molecule has 0 aromatic heterocycles. The Hall–Kier alpha value is -3.51. The molecule has 170 valence electrons. The fourth-order valence-corrected chi connectivity index (χ4v) is 2.51. The zero-order valence-electron chi connectivity index (χ0n) is 16.9. The minimum absolute atomic E-state index is 0.0600. The average molecular weight is 437 g/mol. The molecule has 0 heterocycles. The normalized spacial score (nSPS) is 14.4. The maximum absolute atomic E-state index is 12.7. The fraction of sp³-hybridized carbons (Fsp3) is 0.421. The third-order valence-electron chi connectivity index (χ3n) is 4.22. The van der Waals surface area contributed by atoms with Crippen LogP contribution < -0.4 is 27.4 Å². The summed E-state index contributed by atoms with van der Waals surface area (Å²) in [5.74, 6) is -4.58. The molecule has 31 heavy (non-hydrogen) atoms. The highest BCUT2D eigenvalue weighted by atomic mass is 16.4. The van der Waals surface area contributed by atoms with Gasteiger partial charge in [0.25, 0.3) is 0 Å². The predicted octanol–water partition coefficient (Wildman–Crippen LogP) is -3.02. The lowest BCUT2D eigenvalue weighted by molar-refractivity contribution is -0.143. The number of aliphatic carboxylic acids is 1. The minimum atomic E-state index is -1.53. The Balaban J connectivity index is 2.89. The van der Waals surface area contributed by atoms with E-state index in [9.17, 15) is 24.0 Å². The quantitative estimate of drug-likeness (QED) is 0.178. The van der Waals surface area contributed by atoms with Crippen LogP contribution in [0.25, 0.3) is 0 Å². The fourth-order valence-electron chi connectivity index (χ4n) is 2.51. The number of rotatable bonds is 12. The highest BCUT2D eigenvalue weighted by Crippen LogP contribution is 2.05. The molecule has 0 fully saturated rings. The number of nitrogens with two attached hydrogens (primary N) is 2. The molecule has 0 aliphatic heterocycles. The highest BCUT2D eigenvalue weighted by Gasteiger charge is 2.28. The van der Waals surface area contributed by atoms with E-state index in [2.05, 4.69) is 16.0 Å². The number of primary amides is 1. The third kappa shape index (κ3) is 8.80. The van der Waals surface area contributed by atoms with E-state index in [4.69, 9.17) is 21.7 Å². The van der Waals surface area contributed by atoms with Gasteiger partial charge >= 0.3 is 5.97 Å². The molecule has 0 bridgehead atoms. The molecule has 1 rings (SSSR count). The average Bonchev–Trinajstić information content (AvgIpc) is 2.70. The molecule has 4 amide bonds. The summed E-state index contributed by atoms with van der Waals surface area (Å²) in [6, 6.07) is 3.60. The van der Waals surface area contributed by atoms with Crippen molar-refractivity contribution in [2.75, 3.05) is 6.61 Å². The van der Waals surface area contributed by atoms with Gasteiger partial charge in [-0.3, -0.25) is 19.2 Å². The summed E-state index contributed by atoms with van der Waals surface area (Å²) in [5, 5.41) is 24.8. The first-order chi connectivity index (χ1) is 14.5. The van der Waals surface area contributed by atoms with Crippen LogP contribution in [0.1, 0.15) is 18.9 Å². The summed E-state index contributed by atoms with van der Waals surface area (Å²) < 4.78 is 0. The number of benzene rings is 1. The van der Waals surface area contributed by atoms with E-state index in [1.165, 1.54) is 6.92 Å². The number of carboxylic acids is 1. The molecule has 0 radical (unpaired) electrons. The molecular weight excluding hydrogens is 410 g/mol. The van der Waals surface area contributed by atoms with Gasteiger partial charge in [-0.25, -0.2) is 4.79 Å². The summed E-state index contributed by atoms with van der Waals surface area (Å²) in [7, 11) is 0. The van der Waals surface area contributed by atoms with E-state index < -0.39 is 66.8 Å². The number of carboxylic acid groups (broad SMARTS) is 1. The maximum Gasteiger partial charge on any atom is 0.328 e. The van der Waals surface area contributed by atoms with E-state index in [0.717, 1.165) is 0 Å². The van der Waals surface area contributed by atoms with Crippen molar-refractivity contribution in [1.29, 1.82) is 0 Å². The Morgan fingerprint density at radius 2 is 1.52 bits per heavy atom. The lowest BCUT2D eigenvalue weighted by Gasteiger charge is -2.23. The van der Waals surface area contributed by atoms with Crippen molar-refractivity contribution < 1.29 is 34.2 Å². The highest BCUT2D eigenvalue weighted by molar-refractivity contribution is 5.95. The van der Waals surface area contributed by atoms with Crippen molar-refractivity contribution >= 4 is 29.6 Å². The third-order valence-corrected chi connectivity index (χ3v) is 4.22. The van der Waals surface area contributed by atoms with Gasteiger partial charge in [0.2, 0.25) is 23.6 Å². The molecule has 0 aliphatic carbocycles. The topological polar surface area (TPSA) is 214 Å². The van der Waals surface area contributed by atoms with Gasteiger partial charge in [-0.15, -0.1) is 0 Å². The Kier molecular flexibility index (Phi) is 10.1. The number of amides is 4. The largest absolute Gasteiger partial charge is 0.480 e. The van der Waals surface area contributed by atoms with Gasteiger partial charge in [0.15, 0.2) is 0 Å². The minimum Gasteiger partial charge on any atom is -0.480 e. The summed E-state index contributed by atoms with van der Waals surface area (Å²) >= 11 is 0. The number of aliphatic hydroxyl groups is 1. The van der Waals surface area contributed by atoms with E-state index >= 15 is 0 Å². The van der Waals surface area contributed by atoms with E-state index in [0.29, 0.717) is 5.56 Å². The van der Waals surface area contributed by atoms with Gasteiger partial charge in [0.1, 0.15) is 18.1 Å². The van der Waals surface area contributed by atoms with Crippen LogP contribution in [-0.2, 0) is 30.4 Å². The second-order valence-corrected chi connectivity index (χ2v) is 6.84. The van der Waals surface area contributed by atoms with Crippen molar-refractivity contribution in [2.24, 2.45) is 11.5 Å². The van der Waals surface area contributed by atoms with Gasteiger partial charge < -0.3 is 37.6 Å². The zero-order valence-corrected chi connectivity index (χ0v) is 16.9. The van der Waals surface area contributed by atoms with E-state index in [1.807, 2.05) is 0 Å². The summed E-state index contributed by atoms with van der Waals surface area (Å²) in [6.45, 7) is 0.482. The van der Waals surface area contributed by atoms with Crippen LogP contribution in [-0.4, -0.2) is 70.6 Å². The molecule has 0 saturated heterocycles. The number of carbonyl (C=O) groups excluding carboxylic acids is 4. The first-order valence-electron chi connectivity index (χ1n) is 9.37. The lowest BCUT2D eigenvalue weighted by Crippen LogP contribution is -2.57. The van der Waals surface area contributed by atoms with Gasteiger partial charge in [-0.05, 0) is 12.5 Å². The van der Waals surface area contributed by atoms with Crippen LogP contribution in [0, 0.1) is 0 Å². The van der Waals surface area contributed by atoms with Gasteiger partial charge in [-0.1, -0.05) is 30.3 Å². The first-order valence-corrected chi connectivity index (χ1v) is 9.37. The first kappa shape index (κ1) is 25.5. The number of carbonyl (C=O) groups is 5. The molecule has 0 spiro atoms. The van der Waals surface area contributed by atoms with Crippen LogP contribution in [0.3, 0.4) is 0 Å².